The fraction of sp³-hybridized carbons (Fsp3) is 0.321. The molecule has 1 amide bonds. The maximum Gasteiger partial charge on any atom is 0.224 e. The van der Waals surface area contributed by atoms with Gasteiger partial charge in [-0.05, 0) is 54.5 Å². The van der Waals surface area contributed by atoms with Crippen LogP contribution in [0.2, 0.25) is 0 Å². The molecule has 0 unspecified atom stereocenters. The van der Waals surface area contributed by atoms with E-state index in [9.17, 15) is 4.79 Å². The number of rotatable bonds is 7. The number of carbonyl (C=O) groups excluding carboxylic acids is 1. The van der Waals surface area contributed by atoms with Crippen LogP contribution in [0.15, 0.2) is 84.9 Å². The third kappa shape index (κ3) is 5.55. The van der Waals surface area contributed by atoms with Gasteiger partial charge < -0.3 is 10.1 Å². The van der Waals surface area contributed by atoms with Crippen LogP contribution >= 0.6 is 0 Å². The number of hydrogen-bond donors (Lipinski definition) is 1. The van der Waals surface area contributed by atoms with Crippen LogP contribution in [-0.2, 0) is 11.4 Å². The van der Waals surface area contributed by atoms with Crippen LogP contribution in [0, 0.1) is 5.92 Å². The Balaban J connectivity index is 1.40. The molecule has 0 aromatic heterocycles. The predicted molar refractivity (Wildman–Crippen MR) is 125 cm³/mol. The quantitative estimate of drug-likeness (QED) is 0.485. The minimum Gasteiger partial charge on any atom is -0.489 e. The van der Waals surface area contributed by atoms with E-state index in [4.69, 9.17) is 4.74 Å². The van der Waals surface area contributed by atoms with Crippen molar-refractivity contribution in [3.63, 3.8) is 0 Å². The molecule has 3 heteroatoms. The summed E-state index contributed by atoms with van der Waals surface area (Å²) in [5.41, 5.74) is 3.53. The summed E-state index contributed by atoms with van der Waals surface area (Å²) in [5.74, 6) is 1.32. The summed E-state index contributed by atoms with van der Waals surface area (Å²) in [5, 5.41) is 3.25. The Labute approximate surface area is 185 Å². The van der Waals surface area contributed by atoms with Crippen molar-refractivity contribution in [2.24, 2.45) is 5.92 Å². The Morgan fingerprint density at radius 2 is 1.55 bits per heavy atom. The van der Waals surface area contributed by atoms with Crippen molar-refractivity contribution in [2.45, 2.75) is 51.2 Å². The lowest BCUT2D eigenvalue weighted by Gasteiger charge is -2.32. The van der Waals surface area contributed by atoms with Crippen molar-refractivity contribution in [1.82, 2.24) is 5.32 Å². The van der Waals surface area contributed by atoms with Crippen molar-refractivity contribution in [1.29, 1.82) is 0 Å². The Bertz CT molecular complexity index is 953. The molecule has 160 valence electrons. The van der Waals surface area contributed by atoms with Gasteiger partial charge in [-0.3, -0.25) is 4.79 Å². The van der Waals surface area contributed by atoms with Gasteiger partial charge in [-0.1, -0.05) is 85.6 Å². The van der Waals surface area contributed by atoms with E-state index in [0.717, 1.165) is 36.1 Å². The van der Waals surface area contributed by atoms with E-state index in [1.165, 1.54) is 12.0 Å². The molecule has 1 aliphatic rings. The molecule has 1 fully saturated rings. The molecule has 0 bridgehead atoms. The normalized spacial score (nSPS) is 19.4. The van der Waals surface area contributed by atoms with E-state index in [-0.39, 0.29) is 23.8 Å². The number of benzene rings is 3. The Hall–Kier alpha value is -3.07. The van der Waals surface area contributed by atoms with Crippen LogP contribution in [0.5, 0.6) is 5.75 Å². The number of nitrogens with one attached hydrogen (secondary N) is 1. The minimum atomic E-state index is 0.0186. The summed E-state index contributed by atoms with van der Waals surface area (Å²) >= 11 is 0. The molecule has 3 nitrogen and oxygen atoms in total. The third-order valence-electron chi connectivity index (χ3n) is 6.32. The maximum absolute atomic E-state index is 13.2. The summed E-state index contributed by atoms with van der Waals surface area (Å²) in [6, 6.07) is 28.7. The minimum absolute atomic E-state index is 0.0186. The first-order valence-corrected chi connectivity index (χ1v) is 11.3. The summed E-state index contributed by atoms with van der Waals surface area (Å²) in [6.45, 7) is 2.62. The second-order valence-electron chi connectivity index (χ2n) is 8.48. The SMILES string of the molecule is C[C@H](NC(=O)[C@H]1CCCC[C@@H]1c1ccc(OCc2ccccc2)cc1)c1ccccc1. The molecule has 1 aliphatic carbocycles. The van der Waals surface area contributed by atoms with Crippen molar-refractivity contribution < 1.29 is 9.53 Å². The number of ether oxygens (including phenoxy) is 1. The molecule has 0 aliphatic heterocycles. The molecule has 4 rings (SSSR count). The average molecular weight is 414 g/mol. The summed E-state index contributed by atoms with van der Waals surface area (Å²) in [6.07, 6.45) is 4.30. The Kier molecular flexibility index (Phi) is 7.03. The first-order chi connectivity index (χ1) is 15.2. The zero-order valence-corrected chi connectivity index (χ0v) is 18.2. The topological polar surface area (TPSA) is 38.3 Å². The highest BCUT2D eigenvalue weighted by Crippen LogP contribution is 2.38. The molecule has 0 spiro atoms. The van der Waals surface area contributed by atoms with Crippen LogP contribution in [0.4, 0.5) is 0 Å². The molecule has 1 N–H and O–H groups in total. The van der Waals surface area contributed by atoms with Gasteiger partial charge in [0.2, 0.25) is 5.91 Å². The van der Waals surface area contributed by atoms with Gasteiger partial charge in [-0.25, -0.2) is 0 Å². The van der Waals surface area contributed by atoms with E-state index in [2.05, 4.69) is 48.6 Å². The lowest BCUT2D eigenvalue weighted by atomic mass is 9.75. The predicted octanol–water partition coefficient (Wildman–Crippen LogP) is 6.42. The third-order valence-corrected chi connectivity index (χ3v) is 6.32. The molecule has 3 aromatic rings. The van der Waals surface area contributed by atoms with Crippen molar-refractivity contribution >= 4 is 5.91 Å². The fourth-order valence-electron chi connectivity index (χ4n) is 4.54. The average Bonchev–Trinajstić information content (AvgIpc) is 2.84. The summed E-state index contributed by atoms with van der Waals surface area (Å²) in [7, 11) is 0. The van der Waals surface area contributed by atoms with E-state index in [0.29, 0.717) is 6.61 Å². The van der Waals surface area contributed by atoms with Gasteiger partial charge in [-0.15, -0.1) is 0 Å². The van der Waals surface area contributed by atoms with Crippen molar-refractivity contribution in [3.05, 3.63) is 102 Å². The monoisotopic (exact) mass is 413 g/mol. The van der Waals surface area contributed by atoms with Gasteiger partial charge in [-0.2, -0.15) is 0 Å². The van der Waals surface area contributed by atoms with Crippen LogP contribution < -0.4 is 10.1 Å². The van der Waals surface area contributed by atoms with Crippen LogP contribution in [0.25, 0.3) is 0 Å². The molecule has 3 atom stereocenters. The summed E-state index contributed by atoms with van der Waals surface area (Å²) < 4.78 is 5.93. The van der Waals surface area contributed by atoms with Crippen LogP contribution in [0.3, 0.4) is 0 Å². The van der Waals surface area contributed by atoms with E-state index < -0.39 is 0 Å². The zero-order chi connectivity index (χ0) is 21.5. The Morgan fingerprint density at radius 3 is 2.26 bits per heavy atom. The van der Waals surface area contributed by atoms with Gasteiger partial charge in [0, 0.05) is 5.92 Å². The maximum atomic E-state index is 13.2. The van der Waals surface area contributed by atoms with Crippen LogP contribution in [-0.4, -0.2) is 5.91 Å². The van der Waals surface area contributed by atoms with Crippen molar-refractivity contribution in [2.75, 3.05) is 0 Å². The number of hydrogen-bond acceptors (Lipinski definition) is 2. The van der Waals surface area contributed by atoms with Gasteiger partial charge in [0.1, 0.15) is 12.4 Å². The second-order valence-corrected chi connectivity index (χ2v) is 8.48. The highest BCUT2D eigenvalue weighted by Gasteiger charge is 2.32. The van der Waals surface area contributed by atoms with Crippen molar-refractivity contribution in [3.8, 4) is 5.75 Å². The lowest BCUT2D eigenvalue weighted by Crippen LogP contribution is -2.37. The molecular formula is C28H31NO2. The molecule has 1 saturated carbocycles. The zero-order valence-electron chi connectivity index (χ0n) is 18.2. The molecule has 0 radical (unpaired) electrons. The highest BCUT2D eigenvalue weighted by atomic mass is 16.5. The molecule has 0 heterocycles. The first kappa shape index (κ1) is 21.2. The van der Waals surface area contributed by atoms with Gasteiger partial charge >= 0.3 is 0 Å². The number of carbonyl (C=O) groups is 1. The largest absolute Gasteiger partial charge is 0.489 e. The highest BCUT2D eigenvalue weighted by molar-refractivity contribution is 5.80. The van der Waals surface area contributed by atoms with Gasteiger partial charge in [0.05, 0.1) is 6.04 Å². The number of amides is 1. The molecule has 0 saturated heterocycles. The standard InChI is InChI=1S/C28H31NO2/c1-21(23-12-6-3-7-13-23)29-28(30)27-15-9-8-14-26(27)24-16-18-25(19-17-24)31-20-22-10-4-2-5-11-22/h2-7,10-13,16-19,21,26-27H,8-9,14-15,20H2,1H3,(H,29,30)/t21-,26+,27-/m0/s1. The first-order valence-electron chi connectivity index (χ1n) is 11.3. The van der Waals surface area contributed by atoms with E-state index in [1.54, 1.807) is 0 Å². The fourth-order valence-corrected chi connectivity index (χ4v) is 4.54. The van der Waals surface area contributed by atoms with E-state index >= 15 is 0 Å². The lowest BCUT2D eigenvalue weighted by molar-refractivity contribution is -0.127. The van der Waals surface area contributed by atoms with Gasteiger partial charge in [0.15, 0.2) is 0 Å². The molecule has 3 aromatic carbocycles. The molecule has 31 heavy (non-hydrogen) atoms. The van der Waals surface area contributed by atoms with Gasteiger partial charge in [0.25, 0.3) is 0 Å². The second kappa shape index (κ2) is 10.3. The van der Waals surface area contributed by atoms with Crippen LogP contribution in [0.1, 0.15) is 61.3 Å². The Morgan fingerprint density at radius 1 is 0.903 bits per heavy atom. The molecular weight excluding hydrogens is 382 g/mol. The summed E-state index contributed by atoms with van der Waals surface area (Å²) in [4.78, 5) is 13.2. The van der Waals surface area contributed by atoms with E-state index in [1.807, 2.05) is 48.5 Å². The smallest absolute Gasteiger partial charge is 0.224 e.